The molecule has 3 aromatic rings. The molecule has 0 aliphatic heterocycles. The number of benzene rings is 3. The number of non-ortho nitro benzene ring substituents is 1. The van der Waals surface area contributed by atoms with E-state index in [0.29, 0.717) is 11.3 Å². The van der Waals surface area contributed by atoms with Crippen LogP contribution in [0.5, 0.6) is 5.75 Å². The Kier molecular flexibility index (Phi) is 6.92. The average Bonchev–Trinajstić information content (AvgIpc) is 2.82. The van der Waals surface area contributed by atoms with Gasteiger partial charge in [0.1, 0.15) is 5.75 Å². The molecule has 32 heavy (non-hydrogen) atoms. The first-order valence-electron chi connectivity index (χ1n) is 9.38. The van der Waals surface area contributed by atoms with Crippen LogP contribution in [-0.2, 0) is 4.74 Å². The van der Waals surface area contributed by atoms with Gasteiger partial charge in [-0.2, -0.15) is 0 Å². The zero-order valence-electron chi connectivity index (χ0n) is 16.9. The second kappa shape index (κ2) is 9.98. The predicted molar refractivity (Wildman–Crippen MR) is 115 cm³/mol. The Morgan fingerprint density at radius 3 is 2.34 bits per heavy atom. The van der Waals surface area contributed by atoms with Crippen molar-refractivity contribution in [2.75, 3.05) is 19.0 Å². The lowest BCUT2D eigenvalue weighted by molar-refractivity contribution is -0.384. The van der Waals surface area contributed by atoms with E-state index in [4.69, 9.17) is 9.47 Å². The maximum Gasteiger partial charge on any atom is 0.340 e. The quantitative estimate of drug-likeness (QED) is 0.247. The van der Waals surface area contributed by atoms with E-state index in [2.05, 4.69) is 5.32 Å². The van der Waals surface area contributed by atoms with Crippen molar-refractivity contribution in [2.45, 2.75) is 0 Å². The Bertz CT molecular complexity index is 1170. The number of ketones is 1. The van der Waals surface area contributed by atoms with E-state index in [9.17, 15) is 24.5 Å². The Balaban J connectivity index is 1.68. The minimum atomic E-state index is -0.791. The van der Waals surface area contributed by atoms with Crippen LogP contribution in [0.2, 0.25) is 0 Å². The molecule has 1 N–H and O–H groups in total. The van der Waals surface area contributed by atoms with E-state index in [-0.39, 0.29) is 22.5 Å². The third kappa shape index (κ3) is 5.33. The number of carbonyl (C=O) groups excluding carboxylic acids is 3. The van der Waals surface area contributed by atoms with Crippen molar-refractivity contribution >= 4 is 29.0 Å². The van der Waals surface area contributed by atoms with Crippen LogP contribution in [0.1, 0.15) is 31.1 Å². The minimum absolute atomic E-state index is 0.0567. The van der Waals surface area contributed by atoms with Crippen molar-refractivity contribution in [1.29, 1.82) is 0 Å². The lowest BCUT2D eigenvalue weighted by atomic mass is 10.1. The summed E-state index contributed by atoms with van der Waals surface area (Å²) in [5.41, 5.74) is 0.589. The summed E-state index contributed by atoms with van der Waals surface area (Å²) < 4.78 is 10.2. The molecule has 3 aromatic carbocycles. The van der Waals surface area contributed by atoms with Gasteiger partial charge in [0.2, 0.25) is 0 Å². The Morgan fingerprint density at radius 2 is 1.66 bits per heavy atom. The van der Waals surface area contributed by atoms with E-state index in [1.165, 1.54) is 49.6 Å². The fraction of sp³-hybridized carbons (Fsp3) is 0.0870. The standard InChI is InChI=1S/C23H18N2O7/c1-31-18-6-4-5-16(13-18)21(26)14-32-23(28)19-7-2-3-8-20(19)24-22(27)15-9-11-17(12-10-15)25(29)30/h2-13H,14H2,1H3,(H,24,27). The summed E-state index contributed by atoms with van der Waals surface area (Å²) in [6, 6.07) is 17.6. The molecule has 0 fully saturated rings. The summed E-state index contributed by atoms with van der Waals surface area (Å²) in [6.07, 6.45) is 0. The molecule has 0 atom stereocenters. The van der Waals surface area contributed by atoms with E-state index < -0.39 is 29.2 Å². The number of esters is 1. The van der Waals surface area contributed by atoms with Crippen LogP contribution < -0.4 is 10.1 Å². The minimum Gasteiger partial charge on any atom is -0.497 e. The molecule has 0 saturated carbocycles. The third-order valence-electron chi connectivity index (χ3n) is 4.46. The second-order valence-electron chi connectivity index (χ2n) is 6.53. The van der Waals surface area contributed by atoms with Crippen molar-refractivity contribution in [3.63, 3.8) is 0 Å². The van der Waals surface area contributed by atoms with Crippen LogP contribution in [0.25, 0.3) is 0 Å². The largest absolute Gasteiger partial charge is 0.497 e. The lowest BCUT2D eigenvalue weighted by Gasteiger charge is -2.11. The van der Waals surface area contributed by atoms with Crippen LogP contribution in [0, 0.1) is 10.1 Å². The first kappa shape index (κ1) is 22.2. The molecule has 0 bridgehead atoms. The lowest BCUT2D eigenvalue weighted by Crippen LogP contribution is -2.18. The summed E-state index contributed by atoms with van der Waals surface area (Å²) >= 11 is 0. The molecular weight excluding hydrogens is 416 g/mol. The smallest absolute Gasteiger partial charge is 0.340 e. The molecule has 9 heteroatoms. The van der Waals surface area contributed by atoms with E-state index in [1.807, 2.05) is 0 Å². The summed E-state index contributed by atoms with van der Waals surface area (Å²) in [4.78, 5) is 47.5. The number of Topliss-reactive ketones (excluding diaryl/α,β-unsaturated/α-hetero) is 1. The van der Waals surface area contributed by atoms with Crippen LogP contribution in [0.4, 0.5) is 11.4 Å². The van der Waals surface area contributed by atoms with E-state index >= 15 is 0 Å². The van der Waals surface area contributed by atoms with Gasteiger partial charge in [-0.15, -0.1) is 0 Å². The van der Waals surface area contributed by atoms with E-state index in [1.54, 1.807) is 30.3 Å². The fourth-order valence-corrected chi connectivity index (χ4v) is 2.79. The predicted octanol–water partition coefficient (Wildman–Crippen LogP) is 3.90. The van der Waals surface area contributed by atoms with Crippen molar-refractivity contribution in [1.82, 2.24) is 0 Å². The second-order valence-corrected chi connectivity index (χ2v) is 6.53. The van der Waals surface area contributed by atoms with Gasteiger partial charge in [0, 0.05) is 23.3 Å². The molecule has 0 spiro atoms. The van der Waals surface area contributed by atoms with Crippen LogP contribution in [0.3, 0.4) is 0 Å². The number of anilines is 1. The van der Waals surface area contributed by atoms with Gasteiger partial charge in [-0.3, -0.25) is 19.7 Å². The highest BCUT2D eigenvalue weighted by atomic mass is 16.6. The number of rotatable bonds is 8. The summed E-state index contributed by atoms with van der Waals surface area (Å²) in [6.45, 7) is -0.489. The number of para-hydroxylation sites is 1. The van der Waals surface area contributed by atoms with Crippen molar-refractivity contribution in [2.24, 2.45) is 0 Å². The van der Waals surface area contributed by atoms with Crippen LogP contribution in [-0.4, -0.2) is 36.3 Å². The van der Waals surface area contributed by atoms with Gasteiger partial charge in [0.25, 0.3) is 11.6 Å². The molecule has 0 heterocycles. The topological polar surface area (TPSA) is 125 Å². The Labute approximate surface area is 182 Å². The van der Waals surface area contributed by atoms with Crippen molar-refractivity contribution in [3.8, 4) is 5.75 Å². The van der Waals surface area contributed by atoms with Gasteiger partial charge in [-0.1, -0.05) is 24.3 Å². The number of nitro groups is 1. The molecule has 1 amide bonds. The molecule has 0 aromatic heterocycles. The number of hydrogen-bond acceptors (Lipinski definition) is 7. The molecule has 9 nitrogen and oxygen atoms in total. The zero-order chi connectivity index (χ0) is 23.1. The van der Waals surface area contributed by atoms with Gasteiger partial charge in [0.15, 0.2) is 12.4 Å². The maximum atomic E-state index is 12.5. The highest BCUT2D eigenvalue weighted by Gasteiger charge is 2.18. The number of carbonyl (C=O) groups is 3. The van der Waals surface area contributed by atoms with Crippen molar-refractivity contribution in [3.05, 3.63) is 99.6 Å². The fourth-order valence-electron chi connectivity index (χ4n) is 2.79. The monoisotopic (exact) mass is 434 g/mol. The van der Waals surface area contributed by atoms with Gasteiger partial charge in [-0.25, -0.2) is 4.79 Å². The zero-order valence-corrected chi connectivity index (χ0v) is 16.9. The van der Waals surface area contributed by atoms with Crippen LogP contribution in [0.15, 0.2) is 72.8 Å². The molecule has 0 radical (unpaired) electrons. The maximum absolute atomic E-state index is 12.5. The molecule has 3 rings (SSSR count). The number of methoxy groups -OCH3 is 1. The van der Waals surface area contributed by atoms with Crippen molar-refractivity contribution < 1.29 is 28.8 Å². The van der Waals surface area contributed by atoms with Gasteiger partial charge in [-0.05, 0) is 36.4 Å². The first-order valence-corrected chi connectivity index (χ1v) is 9.38. The number of hydrogen-bond donors (Lipinski definition) is 1. The van der Waals surface area contributed by atoms with Gasteiger partial charge in [0.05, 0.1) is 23.3 Å². The molecule has 0 aliphatic rings. The molecular formula is C23H18N2O7. The number of nitrogens with zero attached hydrogens (tertiary/aromatic N) is 1. The molecule has 0 aliphatic carbocycles. The normalized spacial score (nSPS) is 10.2. The Hall–Kier alpha value is -4.53. The Morgan fingerprint density at radius 1 is 0.938 bits per heavy atom. The first-order chi connectivity index (χ1) is 15.4. The third-order valence-corrected chi connectivity index (χ3v) is 4.46. The van der Waals surface area contributed by atoms with Gasteiger partial charge < -0.3 is 14.8 Å². The molecule has 162 valence electrons. The van der Waals surface area contributed by atoms with E-state index in [0.717, 1.165) is 0 Å². The van der Waals surface area contributed by atoms with Crippen LogP contribution >= 0.6 is 0 Å². The summed E-state index contributed by atoms with van der Waals surface area (Å²) in [5.74, 6) is -1.26. The summed E-state index contributed by atoms with van der Waals surface area (Å²) in [7, 11) is 1.48. The SMILES string of the molecule is COc1cccc(C(=O)COC(=O)c2ccccc2NC(=O)c2ccc([N+](=O)[O-])cc2)c1. The molecule has 0 unspecified atom stereocenters. The number of nitro benzene ring substituents is 1. The number of amides is 1. The average molecular weight is 434 g/mol. The highest BCUT2D eigenvalue weighted by Crippen LogP contribution is 2.19. The molecule has 0 saturated heterocycles. The highest BCUT2D eigenvalue weighted by molar-refractivity contribution is 6.08. The number of ether oxygens (including phenoxy) is 2. The van der Waals surface area contributed by atoms with Gasteiger partial charge >= 0.3 is 5.97 Å². The summed E-state index contributed by atoms with van der Waals surface area (Å²) in [5, 5.41) is 13.3. The number of nitrogens with one attached hydrogen (secondary N) is 1.